The first kappa shape index (κ1) is 26.4. The molecule has 3 aromatic heterocycles. The van der Waals surface area contributed by atoms with Gasteiger partial charge < -0.3 is 14.6 Å². The van der Waals surface area contributed by atoms with Gasteiger partial charge in [0, 0.05) is 50.9 Å². The van der Waals surface area contributed by atoms with Gasteiger partial charge in [0.15, 0.2) is 11.6 Å². The Bertz CT molecular complexity index is 1590. The minimum atomic E-state index is -0.661. The molecular weight excluding hydrogens is 504 g/mol. The highest BCUT2D eigenvalue weighted by molar-refractivity contribution is 5.83. The van der Waals surface area contributed by atoms with Gasteiger partial charge in [0.05, 0.1) is 18.8 Å². The van der Waals surface area contributed by atoms with Gasteiger partial charge in [-0.05, 0) is 44.5 Å². The number of rotatable bonds is 7. The standard InChI is InChI=1S/C28H29F2N7O2.H2/c1-16(2)37-17(3)32-27-20(29)12-19(13-23(27)37)26-21(30)14-31-28(35-26)34-24-8-7-18-15-36(11-9-22(18)33-24)10-5-6-25(38)39-4;/h5-8,12-14,16H,9-11,15H2,1-4H3,(H,31,33,34,35);1H/b6-5+;. The van der Waals surface area contributed by atoms with Gasteiger partial charge in [-0.1, -0.05) is 12.1 Å². The summed E-state index contributed by atoms with van der Waals surface area (Å²) in [7, 11) is 1.35. The van der Waals surface area contributed by atoms with Gasteiger partial charge in [0.25, 0.3) is 0 Å². The van der Waals surface area contributed by atoms with E-state index in [9.17, 15) is 13.6 Å². The number of fused-ring (bicyclic) bond motifs is 2. The molecule has 39 heavy (non-hydrogen) atoms. The molecule has 0 radical (unpaired) electrons. The summed E-state index contributed by atoms with van der Waals surface area (Å²) in [5, 5.41) is 3.05. The lowest BCUT2D eigenvalue weighted by atomic mass is 10.1. The zero-order chi connectivity index (χ0) is 27.7. The lowest BCUT2D eigenvalue weighted by molar-refractivity contribution is -0.134. The molecule has 11 heteroatoms. The van der Waals surface area contributed by atoms with Crippen LogP contribution in [-0.2, 0) is 22.5 Å². The average molecular weight is 536 g/mol. The highest BCUT2D eigenvalue weighted by atomic mass is 19.1. The molecule has 4 heterocycles. The molecule has 0 aliphatic carbocycles. The SMILES string of the molecule is COC(=O)/C=C/CN1CCc2nc(Nc3ncc(F)c(-c4cc(F)c5nc(C)n(C(C)C)c5c4)n3)ccc2C1.[HH]. The first-order chi connectivity index (χ1) is 18.7. The van der Waals surface area contributed by atoms with Crippen molar-refractivity contribution in [1.82, 2.24) is 29.4 Å². The van der Waals surface area contributed by atoms with Gasteiger partial charge in [-0.25, -0.2) is 33.5 Å². The summed E-state index contributed by atoms with van der Waals surface area (Å²) in [4.78, 5) is 31.0. The number of hydrogen-bond donors (Lipinski definition) is 1. The van der Waals surface area contributed by atoms with Crippen LogP contribution in [0.5, 0.6) is 0 Å². The number of aryl methyl sites for hydroxylation is 1. The quantitative estimate of drug-likeness (QED) is 0.257. The van der Waals surface area contributed by atoms with Crippen molar-refractivity contribution in [2.45, 2.75) is 39.8 Å². The van der Waals surface area contributed by atoms with E-state index in [4.69, 9.17) is 4.98 Å². The van der Waals surface area contributed by atoms with Crippen LogP contribution in [0.15, 0.2) is 42.6 Å². The maximum absolute atomic E-state index is 15.0. The fourth-order valence-corrected chi connectivity index (χ4v) is 4.87. The minimum Gasteiger partial charge on any atom is -0.466 e. The summed E-state index contributed by atoms with van der Waals surface area (Å²) in [6.45, 7) is 7.90. The Morgan fingerprint density at radius 2 is 2.03 bits per heavy atom. The topological polar surface area (TPSA) is 98.1 Å². The summed E-state index contributed by atoms with van der Waals surface area (Å²) < 4.78 is 36.4. The smallest absolute Gasteiger partial charge is 0.330 e. The van der Waals surface area contributed by atoms with Gasteiger partial charge in [-0.15, -0.1) is 0 Å². The Kier molecular flexibility index (Phi) is 7.34. The van der Waals surface area contributed by atoms with E-state index in [1.165, 1.54) is 19.3 Å². The number of esters is 1. The van der Waals surface area contributed by atoms with Crippen LogP contribution in [0.4, 0.5) is 20.5 Å². The molecule has 1 N–H and O–H groups in total. The molecule has 0 fully saturated rings. The Morgan fingerprint density at radius 3 is 2.79 bits per heavy atom. The fraction of sp³-hybridized carbons (Fsp3) is 0.321. The van der Waals surface area contributed by atoms with Crippen molar-refractivity contribution in [3.05, 3.63) is 71.3 Å². The number of hydrogen-bond acceptors (Lipinski definition) is 8. The van der Waals surface area contributed by atoms with Crippen molar-refractivity contribution in [2.75, 3.05) is 25.5 Å². The van der Waals surface area contributed by atoms with Gasteiger partial charge in [-0.2, -0.15) is 0 Å². The van der Waals surface area contributed by atoms with E-state index >= 15 is 0 Å². The van der Waals surface area contributed by atoms with Crippen molar-refractivity contribution in [2.24, 2.45) is 0 Å². The molecule has 204 valence electrons. The van der Waals surface area contributed by atoms with Crippen LogP contribution in [0.2, 0.25) is 0 Å². The van der Waals surface area contributed by atoms with Crippen LogP contribution in [0.3, 0.4) is 0 Å². The zero-order valence-electron chi connectivity index (χ0n) is 22.2. The Balaban J connectivity index is 0.00000370. The summed E-state index contributed by atoms with van der Waals surface area (Å²) in [5.41, 5.74) is 3.13. The molecule has 1 aromatic carbocycles. The van der Waals surface area contributed by atoms with E-state index in [1.807, 2.05) is 37.5 Å². The van der Waals surface area contributed by atoms with Crippen LogP contribution in [-0.4, -0.2) is 55.6 Å². The number of aromatic nitrogens is 5. The number of ether oxygens (including phenoxy) is 1. The summed E-state index contributed by atoms with van der Waals surface area (Å²) in [6.07, 6.45) is 5.00. The Labute approximate surface area is 226 Å². The van der Waals surface area contributed by atoms with E-state index < -0.39 is 11.6 Å². The maximum atomic E-state index is 15.0. The monoisotopic (exact) mass is 535 g/mol. The fourth-order valence-electron chi connectivity index (χ4n) is 4.87. The number of carbonyl (C=O) groups excluding carboxylic acids is 1. The lowest BCUT2D eigenvalue weighted by Crippen LogP contribution is -2.31. The van der Waals surface area contributed by atoms with Crippen LogP contribution in [0, 0.1) is 18.6 Å². The molecule has 0 saturated heterocycles. The maximum Gasteiger partial charge on any atom is 0.330 e. The number of methoxy groups -OCH3 is 1. The first-order valence-electron chi connectivity index (χ1n) is 12.7. The van der Waals surface area contributed by atoms with Crippen LogP contribution in [0.25, 0.3) is 22.3 Å². The zero-order valence-corrected chi connectivity index (χ0v) is 22.2. The van der Waals surface area contributed by atoms with Crippen molar-refractivity contribution < 1.29 is 19.7 Å². The highest BCUT2D eigenvalue weighted by Gasteiger charge is 2.20. The highest BCUT2D eigenvalue weighted by Crippen LogP contribution is 2.30. The molecule has 0 saturated carbocycles. The number of anilines is 2. The predicted octanol–water partition coefficient (Wildman–Crippen LogP) is 5.13. The number of carbonyl (C=O) groups is 1. The predicted molar refractivity (Wildman–Crippen MR) is 146 cm³/mol. The van der Waals surface area contributed by atoms with E-state index in [1.54, 1.807) is 12.1 Å². The summed E-state index contributed by atoms with van der Waals surface area (Å²) in [6, 6.07) is 6.80. The molecule has 5 rings (SSSR count). The second kappa shape index (κ2) is 10.9. The van der Waals surface area contributed by atoms with Crippen molar-refractivity contribution >= 4 is 28.8 Å². The number of pyridine rings is 1. The third kappa shape index (κ3) is 5.49. The number of imidazole rings is 1. The van der Waals surface area contributed by atoms with Crippen molar-refractivity contribution in [3.63, 3.8) is 0 Å². The molecule has 9 nitrogen and oxygen atoms in total. The molecule has 0 bridgehead atoms. The van der Waals surface area contributed by atoms with Crippen molar-refractivity contribution in [1.29, 1.82) is 0 Å². The van der Waals surface area contributed by atoms with Gasteiger partial charge in [-0.3, -0.25) is 4.90 Å². The summed E-state index contributed by atoms with van der Waals surface area (Å²) >= 11 is 0. The molecule has 0 atom stereocenters. The summed E-state index contributed by atoms with van der Waals surface area (Å²) in [5.74, 6) is -0.214. The number of halogens is 2. The van der Waals surface area contributed by atoms with Gasteiger partial charge >= 0.3 is 5.97 Å². The molecule has 1 aliphatic rings. The van der Waals surface area contributed by atoms with Gasteiger partial charge in [0.1, 0.15) is 22.9 Å². The lowest BCUT2D eigenvalue weighted by Gasteiger charge is -2.27. The molecule has 0 unspecified atom stereocenters. The van der Waals surface area contributed by atoms with E-state index in [2.05, 4.69) is 29.9 Å². The normalized spacial score (nSPS) is 13.8. The number of nitrogens with zero attached hydrogens (tertiary/aromatic N) is 6. The Hall–Kier alpha value is -4.25. The molecular formula is C28H31F2N7O2. The van der Waals surface area contributed by atoms with E-state index in [-0.39, 0.29) is 30.6 Å². The minimum absolute atomic E-state index is 0. The van der Waals surface area contributed by atoms with E-state index in [0.29, 0.717) is 35.8 Å². The molecule has 1 aliphatic heterocycles. The molecule has 0 spiro atoms. The second-order valence-corrected chi connectivity index (χ2v) is 9.68. The third-order valence-electron chi connectivity index (χ3n) is 6.64. The van der Waals surface area contributed by atoms with Crippen LogP contribution >= 0.6 is 0 Å². The van der Waals surface area contributed by atoms with Crippen LogP contribution < -0.4 is 5.32 Å². The Morgan fingerprint density at radius 1 is 1.21 bits per heavy atom. The third-order valence-corrected chi connectivity index (χ3v) is 6.64. The van der Waals surface area contributed by atoms with Gasteiger partial charge in [0.2, 0.25) is 5.95 Å². The molecule has 4 aromatic rings. The first-order valence-corrected chi connectivity index (χ1v) is 12.7. The number of nitrogens with one attached hydrogen (secondary N) is 1. The molecule has 0 amide bonds. The van der Waals surface area contributed by atoms with Crippen LogP contribution in [0.1, 0.15) is 38.4 Å². The largest absolute Gasteiger partial charge is 0.466 e. The average Bonchev–Trinajstić information content (AvgIpc) is 3.26. The van der Waals surface area contributed by atoms with E-state index in [0.717, 1.165) is 30.4 Å². The second-order valence-electron chi connectivity index (χ2n) is 9.68. The number of benzene rings is 1. The van der Waals surface area contributed by atoms with Crippen molar-refractivity contribution in [3.8, 4) is 11.3 Å².